The van der Waals surface area contributed by atoms with E-state index < -0.39 is 0 Å². The fourth-order valence-electron chi connectivity index (χ4n) is 2.78. The van der Waals surface area contributed by atoms with E-state index in [0.29, 0.717) is 12.5 Å². The van der Waals surface area contributed by atoms with Crippen molar-refractivity contribution in [3.05, 3.63) is 45.9 Å². The topological polar surface area (TPSA) is 59.2 Å². The van der Waals surface area contributed by atoms with Crippen LogP contribution in [-0.4, -0.2) is 35.4 Å². The molecule has 2 aromatic rings. The third-order valence-corrected chi connectivity index (χ3v) is 6.00. The van der Waals surface area contributed by atoms with E-state index in [0.717, 1.165) is 46.4 Å². The first-order valence-corrected chi connectivity index (χ1v) is 9.66. The van der Waals surface area contributed by atoms with Gasteiger partial charge in [0.15, 0.2) is 0 Å². The molecular formula is C17H21N3OS2. The lowest BCUT2D eigenvalue weighted by Gasteiger charge is -2.18. The third kappa shape index (κ3) is 3.94. The Bertz CT molecular complexity index is 686. The van der Waals surface area contributed by atoms with Crippen LogP contribution in [0.25, 0.3) is 0 Å². The smallest absolute Gasteiger partial charge is 0.254 e. The number of thioether (sulfide) groups is 1. The molecule has 23 heavy (non-hydrogen) atoms. The van der Waals surface area contributed by atoms with Crippen molar-refractivity contribution in [3.8, 4) is 0 Å². The molecule has 1 saturated heterocycles. The van der Waals surface area contributed by atoms with Crippen LogP contribution >= 0.6 is 23.1 Å². The number of carbonyl (C=O) groups is 1. The van der Waals surface area contributed by atoms with Gasteiger partial charge in [0.05, 0.1) is 16.3 Å². The van der Waals surface area contributed by atoms with Crippen molar-refractivity contribution in [2.24, 2.45) is 11.7 Å². The van der Waals surface area contributed by atoms with Crippen molar-refractivity contribution >= 4 is 29.0 Å². The maximum atomic E-state index is 12.8. The number of aryl methyl sites for hydroxylation is 1. The zero-order valence-electron chi connectivity index (χ0n) is 13.2. The highest BCUT2D eigenvalue weighted by Crippen LogP contribution is 2.29. The van der Waals surface area contributed by atoms with Crippen LogP contribution in [0.4, 0.5) is 0 Å². The molecule has 0 bridgehead atoms. The lowest BCUT2D eigenvalue weighted by molar-refractivity contribution is 0.0784. The summed E-state index contributed by atoms with van der Waals surface area (Å²) in [4.78, 5) is 20.3. The zero-order chi connectivity index (χ0) is 16.2. The van der Waals surface area contributed by atoms with Crippen LogP contribution in [0, 0.1) is 12.8 Å². The fourth-order valence-corrected chi connectivity index (χ4v) is 4.43. The molecule has 1 atom stereocenters. The van der Waals surface area contributed by atoms with E-state index in [1.807, 2.05) is 36.1 Å². The minimum atomic E-state index is 0.124. The summed E-state index contributed by atoms with van der Waals surface area (Å²) in [5.74, 6) is 1.36. The van der Waals surface area contributed by atoms with Crippen molar-refractivity contribution < 1.29 is 4.79 Å². The molecule has 2 N–H and O–H groups in total. The number of hydrogen-bond acceptors (Lipinski definition) is 5. The van der Waals surface area contributed by atoms with Gasteiger partial charge in [0.2, 0.25) is 0 Å². The number of aromatic nitrogens is 1. The maximum absolute atomic E-state index is 12.8. The highest BCUT2D eigenvalue weighted by atomic mass is 32.2. The molecule has 122 valence electrons. The molecule has 0 spiro atoms. The molecule has 3 rings (SSSR count). The summed E-state index contributed by atoms with van der Waals surface area (Å²) in [5, 5.41) is 3.16. The third-order valence-electron chi connectivity index (χ3n) is 4.07. The lowest BCUT2D eigenvalue weighted by Crippen LogP contribution is -2.30. The average molecular weight is 348 g/mol. The van der Waals surface area contributed by atoms with Crippen molar-refractivity contribution in [2.75, 3.05) is 19.6 Å². The van der Waals surface area contributed by atoms with Gasteiger partial charge in [-0.1, -0.05) is 12.1 Å². The number of thiazole rings is 1. The molecule has 1 amide bonds. The van der Waals surface area contributed by atoms with Crippen molar-refractivity contribution in [3.63, 3.8) is 0 Å². The summed E-state index contributed by atoms with van der Waals surface area (Å²) in [7, 11) is 0. The van der Waals surface area contributed by atoms with Crippen LogP contribution in [0.5, 0.6) is 0 Å². The molecule has 1 aromatic carbocycles. The largest absolute Gasteiger partial charge is 0.338 e. The van der Waals surface area contributed by atoms with Gasteiger partial charge < -0.3 is 10.6 Å². The summed E-state index contributed by atoms with van der Waals surface area (Å²) < 4.78 is 0. The molecule has 1 fully saturated rings. The van der Waals surface area contributed by atoms with E-state index in [1.54, 1.807) is 23.1 Å². The van der Waals surface area contributed by atoms with Crippen molar-refractivity contribution in [1.29, 1.82) is 0 Å². The number of nitrogens with two attached hydrogens (primary N) is 1. The average Bonchev–Trinajstić information content (AvgIpc) is 3.21. The van der Waals surface area contributed by atoms with Gasteiger partial charge in [0.25, 0.3) is 5.91 Å². The van der Waals surface area contributed by atoms with Crippen LogP contribution in [0.3, 0.4) is 0 Å². The quantitative estimate of drug-likeness (QED) is 0.844. The molecule has 1 unspecified atom stereocenters. The van der Waals surface area contributed by atoms with Crippen molar-refractivity contribution in [2.45, 2.75) is 24.0 Å². The number of amides is 1. The van der Waals surface area contributed by atoms with Gasteiger partial charge in [-0.2, -0.15) is 0 Å². The first-order chi connectivity index (χ1) is 11.2. The maximum Gasteiger partial charge on any atom is 0.254 e. The first-order valence-electron chi connectivity index (χ1n) is 7.79. The van der Waals surface area contributed by atoms with Gasteiger partial charge in [-0.05, 0) is 37.9 Å². The van der Waals surface area contributed by atoms with Crippen molar-refractivity contribution in [1.82, 2.24) is 9.88 Å². The molecule has 1 aromatic heterocycles. The highest BCUT2D eigenvalue weighted by molar-refractivity contribution is 7.98. The molecule has 0 aliphatic carbocycles. The molecule has 0 radical (unpaired) electrons. The normalized spacial score (nSPS) is 17.7. The molecule has 4 nitrogen and oxygen atoms in total. The highest BCUT2D eigenvalue weighted by Gasteiger charge is 2.27. The fraction of sp³-hybridized carbons (Fsp3) is 0.412. The molecular weight excluding hydrogens is 326 g/mol. The second kappa shape index (κ2) is 7.47. The minimum absolute atomic E-state index is 0.124. The van der Waals surface area contributed by atoms with Crippen LogP contribution in [0.2, 0.25) is 0 Å². The molecule has 1 aliphatic heterocycles. The number of likely N-dealkylation sites (tertiary alicyclic amines) is 1. The Balaban J connectivity index is 1.71. The van der Waals surface area contributed by atoms with E-state index in [4.69, 9.17) is 5.73 Å². The summed E-state index contributed by atoms with van der Waals surface area (Å²) in [6, 6.07) is 7.86. The van der Waals surface area contributed by atoms with Gasteiger partial charge in [-0.3, -0.25) is 4.79 Å². The van der Waals surface area contributed by atoms with Crippen LogP contribution in [0.15, 0.2) is 34.5 Å². The summed E-state index contributed by atoms with van der Waals surface area (Å²) >= 11 is 3.34. The molecule has 1 aliphatic rings. The number of hydrogen-bond donors (Lipinski definition) is 1. The monoisotopic (exact) mass is 347 g/mol. The number of carbonyl (C=O) groups excluding carboxylic acids is 1. The van der Waals surface area contributed by atoms with E-state index >= 15 is 0 Å². The second-order valence-electron chi connectivity index (χ2n) is 5.78. The van der Waals surface area contributed by atoms with Crippen LogP contribution in [0.1, 0.15) is 27.5 Å². The SMILES string of the molecule is Cc1nc(CSc2ccccc2C(=O)N2CCC(CN)C2)cs1. The zero-order valence-corrected chi connectivity index (χ0v) is 14.8. The first kappa shape index (κ1) is 16.5. The summed E-state index contributed by atoms with van der Waals surface area (Å²) in [6.07, 6.45) is 1.01. The van der Waals surface area contributed by atoms with Crippen LogP contribution in [-0.2, 0) is 5.75 Å². The van der Waals surface area contributed by atoms with E-state index in [-0.39, 0.29) is 5.91 Å². The van der Waals surface area contributed by atoms with Crippen LogP contribution < -0.4 is 5.73 Å². The Morgan fingerprint density at radius 3 is 3.00 bits per heavy atom. The summed E-state index contributed by atoms with van der Waals surface area (Å²) in [6.45, 7) is 4.26. The molecule has 0 saturated carbocycles. The minimum Gasteiger partial charge on any atom is -0.338 e. The number of benzene rings is 1. The standard InChI is InChI=1S/C17H21N3OS2/c1-12-19-14(10-22-12)11-23-16-5-3-2-4-15(16)17(21)20-7-6-13(8-18)9-20/h2-5,10,13H,6-9,11,18H2,1H3. The van der Waals surface area contributed by atoms with E-state index in [1.165, 1.54) is 0 Å². The Morgan fingerprint density at radius 2 is 2.30 bits per heavy atom. The molecule has 6 heteroatoms. The van der Waals surface area contributed by atoms with E-state index in [2.05, 4.69) is 10.4 Å². The predicted molar refractivity (Wildman–Crippen MR) is 95.9 cm³/mol. The predicted octanol–water partition coefficient (Wildman–Crippen LogP) is 3.16. The lowest BCUT2D eigenvalue weighted by atomic mass is 10.1. The van der Waals surface area contributed by atoms with Gasteiger partial charge >= 0.3 is 0 Å². The van der Waals surface area contributed by atoms with E-state index in [9.17, 15) is 4.79 Å². The van der Waals surface area contributed by atoms with Gasteiger partial charge in [0.1, 0.15) is 0 Å². The van der Waals surface area contributed by atoms with Gasteiger partial charge in [-0.25, -0.2) is 4.98 Å². The Kier molecular flexibility index (Phi) is 5.35. The Labute approximate surface area is 145 Å². The Hall–Kier alpha value is -1.37. The summed E-state index contributed by atoms with van der Waals surface area (Å²) in [5.41, 5.74) is 7.60. The molecule has 2 heterocycles. The second-order valence-corrected chi connectivity index (χ2v) is 7.86. The number of rotatable bonds is 5. The number of nitrogens with zero attached hydrogens (tertiary/aromatic N) is 2. The van der Waals surface area contributed by atoms with Gasteiger partial charge in [-0.15, -0.1) is 23.1 Å². The van der Waals surface area contributed by atoms with Gasteiger partial charge in [0, 0.05) is 29.1 Å². The Morgan fingerprint density at radius 1 is 1.48 bits per heavy atom.